The van der Waals surface area contributed by atoms with E-state index in [1.165, 1.54) is 0 Å². The highest BCUT2D eigenvalue weighted by Gasteiger charge is 2.13. The Labute approximate surface area is 154 Å². The number of ether oxygens (including phenoxy) is 3. The van der Waals surface area contributed by atoms with Crippen LogP contribution in [0.4, 0.5) is 0 Å². The van der Waals surface area contributed by atoms with Gasteiger partial charge in [0.1, 0.15) is 0 Å². The number of hydrogen-bond donors (Lipinski definition) is 1. The van der Waals surface area contributed by atoms with Gasteiger partial charge in [0, 0.05) is 12.0 Å². The number of nitrogens with one attached hydrogen (secondary N) is 1. The van der Waals surface area contributed by atoms with Crippen LogP contribution in [0.3, 0.4) is 0 Å². The molecule has 0 atom stereocenters. The van der Waals surface area contributed by atoms with Crippen LogP contribution in [0.5, 0.6) is 17.2 Å². The van der Waals surface area contributed by atoms with Gasteiger partial charge < -0.3 is 19.5 Å². The van der Waals surface area contributed by atoms with Gasteiger partial charge in [-0.1, -0.05) is 30.0 Å². The Kier molecular flexibility index (Phi) is 7.38. The minimum Gasteiger partial charge on any atom is -0.493 e. The number of rotatable bonds is 7. The molecule has 0 fully saturated rings. The average molecular weight is 353 g/mol. The van der Waals surface area contributed by atoms with Crippen molar-refractivity contribution in [3.8, 4) is 29.1 Å². The molecule has 0 bridgehead atoms. The van der Waals surface area contributed by atoms with Gasteiger partial charge in [0.15, 0.2) is 11.5 Å². The molecule has 0 aliphatic rings. The first-order valence-electron chi connectivity index (χ1n) is 8.27. The lowest BCUT2D eigenvalue weighted by atomic mass is 10.1. The molecule has 2 aromatic carbocycles. The summed E-state index contributed by atoms with van der Waals surface area (Å²) < 4.78 is 15.9. The molecule has 0 radical (unpaired) electrons. The summed E-state index contributed by atoms with van der Waals surface area (Å²) in [7, 11) is 4.70. The predicted molar refractivity (Wildman–Crippen MR) is 101 cm³/mol. The second-order valence-corrected chi connectivity index (χ2v) is 5.48. The van der Waals surface area contributed by atoms with Crippen LogP contribution >= 0.6 is 0 Å². The molecule has 0 aliphatic heterocycles. The smallest absolute Gasteiger partial charge is 0.221 e. The number of carbonyl (C=O) groups excluding carboxylic acids is 1. The van der Waals surface area contributed by atoms with Crippen LogP contribution in [0.1, 0.15) is 17.5 Å². The zero-order chi connectivity index (χ0) is 18.8. The van der Waals surface area contributed by atoms with Gasteiger partial charge in [0.25, 0.3) is 0 Å². The van der Waals surface area contributed by atoms with Crippen molar-refractivity contribution < 1.29 is 19.0 Å². The van der Waals surface area contributed by atoms with Gasteiger partial charge in [0.2, 0.25) is 11.7 Å². The number of methoxy groups -OCH3 is 3. The fourth-order valence-electron chi connectivity index (χ4n) is 2.44. The maximum absolute atomic E-state index is 12.0. The molecule has 0 heterocycles. The van der Waals surface area contributed by atoms with E-state index in [2.05, 4.69) is 17.2 Å². The maximum atomic E-state index is 12.0. The van der Waals surface area contributed by atoms with Crippen molar-refractivity contribution in [3.63, 3.8) is 0 Å². The highest BCUT2D eigenvalue weighted by Crippen LogP contribution is 2.38. The number of hydrogen-bond acceptors (Lipinski definition) is 4. The van der Waals surface area contributed by atoms with Crippen molar-refractivity contribution in [1.82, 2.24) is 5.32 Å². The van der Waals surface area contributed by atoms with E-state index in [-0.39, 0.29) is 5.91 Å². The molecule has 136 valence electrons. The predicted octanol–water partition coefficient (Wildman–Crippen LogP) is 2.81. The van der Waals surface area contributed by atoms with Gasteiger partial charge in [-0.05, 0) is 36.2 Å². The first-order chi connectivity index (χ1) is 12.7. The summed E-state index contributed by atoms with van der Waals surface area (Å²) in [5.74, 6) is 7.59. The molecule has 5 heteroatoms. The maximum Gasteiger partial charge on any atom is 0.221 e. The Bertz CT molecular complexity index is 766. The van der Waals surface area contributed by atoms with Gasteiger partial charge in [0.05, 0.1) is 27.9 Å². The second kappa shape index (κ2) is 10.00. The topological polar surface area (TPSA) is 56.8 Å². The highest BCUT2D eigenvalue weighted by molar-refractivity contribution is 5.76. The Hall–Kier alpha value is -3.13. The molecular weight excluding hydrogens is 330 g/mol. The molecule has 0 spiro atoms. The Morgan fingerprint density at radius 2 is 1.65 bits per heavy atom. The van der Waals surface area contributed by atoms with Crippen molar-refractivity contribution in [2.45, 2.75) is 12.8 Å². The first kappa shape index (κ1) is 19.2. The van der Waals surface area contributed by atoms with E-state index in [0.717, 1.165) is 11.1 Å². The minimum absolute atomic E-state index is 0.0545. The van der Waals surface area contributed by atoms with Crippen LogP contribution < -0.4 is 19.5 Å². The molecule has 26 heavy (non-hydrogen) atoms. The van der Waals surface area contributed by atoms with Crippen molar-refractivity contribution in [2.24, 2.45) is 0 Å². The lowest BCUT2D eigenvalue weighted by Gasteiger charge is -2.14. The third-order valence-corrected chi connectivity index (χ3v) is 3.75. The van der Waals surface area contributed by atoms with Crippen molar-refractivity contribution in [3.05, 3.63) is 53.6 Å². The van der Waals surface area contributed by atoms with Gasteiger partial charge in [-0.3, -0.25) is 4.79 Å². The van der Waals surface area contributed by atoms with E-state index in [1.807, 2.05) is 42.5 Å². The number of aryl methyl sites for hydroxylation is 1. The fraction of sp³-hybridized carbons (Fsp3) is 0.286. The molecule has 0 unspecified atom stereocenters. The summed E-state index contributed by atoms with van der Waals surface area (Å²) >= 11 is 0. The number of amides is 1. The van der Waals surface area contributed by atoms with Crippen molar-refractivity contribution in [1.29, 1.82) is 0 Å². The van der Waals surface area contributed by atoms with E-state index in [1.54, 1.807) is 21.3 Å². The SMILES string of the molecule is COc1cc(CCC(=O)NCC#Cc2ccccc2)cc(OC)c1OC. The quantitative estimate of drug-likeness (QED) is 0.778. The van der Waals surface area contributed by atoms with E-state index < -0.39 is 0 Å². The third kappa shape index (κ3) is 5.45. The van der Waals surface area contributed by atoms with Crippen LogP contribution in [0.2, 0.25) is 0 Å². The Morgan fingerprint density at radius 1 is 1.00 bits per heavy atom. The average Bonchev–Trinajstić information content (AvgIpc) is 2.69. The Balaban J connectivity index is 1.88. The van der Waals surface area contributed by atoms with E-state index >= 15 is 0 Å². The van der Waals surface area contributed by atoms with E-state index in [9.17, 15) is 4.79 Å². The van der Waals surface area contributed by atoms with Gasteiger partial charge in [-0.25, -0.2) is 0 Å². The Morgan fingerprint density at radius 3 is 2.23 bits per heavy atom. The summed E-state index contributed by atoms with van der Waals surface area (Å²) in [5, 5.41) is 2.80. The lowest BCUT2D eigenvalue weighted by Crippen LogP contribution is -2.23. The van der Waals surface area contributed by atoms with E-state index in [4.69, 9.17) is 14.2 Å². The minimum atomic E-state index is -0.0545. The van der Waals surface area contributed by atoms with Crippen LogP contribution in [0.15, 0.2) is 42.5 Å². The highest BCUT2D eigenvalue weighted by atomic mass is 16.5. The summed E-state index contributed by atoms with van der Waals surface area (Å²) in [6, 6.07) is 13.4. The second-order valence-electron chi connectivity index (χ2n) is 5.48. The molecule has 0 saturated heterocycles. The summed E-state index contributed by atoms with van der Waals surface area (Å²) in [6.07, 6.45) is 0.917. The zero-order valence-electron chi connectivity index (χ0n) is 15.3. The molecule has 0 aliphatic carbocycles. The van der Waals surface area contributed by atoms with Crippen molar-refractivity contribution >= 4 is 5.91 Å². The summed E-state index contributed by atoms with van der Waals surface area (Å²) in [6.45, 7) is 0.322. The molecular formula is C21H23NO4. The fourth-order valence-corrected chi connectivity index (χ4v) is 2.44. The molecule has 1 amide bonds. The van der Waals surface area contributed by atoms with Crippen LogP contribution in [0, 0.1) is 11.8 Å². The lowest BCUT2D eigenvalue weighted by molar-refractivity contribution is -0.120. The monoisotopic (exact) mass is 353 g/mol. The third-order valence-electron chi connectivity index (χ3n) is 3.75. The number of carbonyl (C=O) groups is 1. The zero-order valence-corrected chi connectivity index (χ0v) is 15.3. The molecule has 2 aromatic rings. The van der Waals surface area contributed by atoms with Crippen LogP contribution in [-0.4, -0.2) is 33.8 Å². The van der Waals surface area contributed by atoms with Gasteiger partial charge in [-0.2, -0.15) is 0 Å². The van der Waals surface area contributed by atoms with E-state index in [0.29, 0.717) is 36.6 Å². The molecule has 5 nitrogen and oxygen atoms in total. The van der Waals surface area contributed by atoms with Crippen molar-refractivity contribution in [2.75, 3.05) is 27.9 Å². The molecule has 0 saturated carbocycles. The van der Waals surface area contributed by atoms with Gasteiger partial charge in [-0.15, -0.1) is 0 Å². The summed E-state index contributed by atoms with van der Waals surface area (Å²) in [4.78, 5) is 12.0. The molecule has 0 aromatic heterocycles. The van der Waals surface area contributed by atoms with Crippen LogP contribution in [-0.2, 0) is 11.2 Å². The molecule has 2 rings (SSSR count). The van der Waals surface area contributed by atoms with Gasteiger partial charge >= 0.3 is 0 Å². The molecule has 1 N–H and O–H groups in total. The number of benzene rings is 2. The largest absolute Gasteiger partial charge is 0.493 e. The standard InChI is InChI=1S/C21H23NO4/c1-24-18-14-17(15-19(25-2)21(18)26-3)11-12-20(23)22-13-7-10-16-8-5-4-6-9-16/h4-6,8-9,14-15H,11-13H2,1-3H3,(H,22,23). The summed E-state index contributed by atoms with van der Waals surface area (Å²) in [5.41, 5.74) is 1.86. The van der Waals surface area contributed by atoms with Crippen LogP contribution in [0.25, 0.3) is 0 Å². The first-order valence-corrected chi connectivity index (χ1v) is 8.27. The normalized spacial score (nSPS) is 9.65.